The Kier molecular flexibility index (Phi) is 4.12. The van der Waals surface area contributed by atoms with E-state index in [0.29, 0.717) is 11.6 Å². The Bertz CT molecular complexity index is 580. The Morgan fingerprint density at radius 1 is 1.47 bits per heavy atom. The number of rotatable bonds is 4. The number of aryl methyl sites for hydroxylation is 1. The SMILES string of the molecule is Cc1c(C(C)NCc2ccc(O)c(Cl)c2)cnn1C. The summed E-state index contributed by atoms with van der Waals surface area (Å²) in [4.78, 5) is 0. The molecular formula is C14H18ClN3O. The Hall–Kier alpha value is -1.52. The van der Waals surface area contributed by atoms with Gasteiger partial charge in [-0.3, -0.25) is 4.68 Å². The predicted molar refractivity (Wildman–Crippen MR) is 76.3 cm³/mol. The second-order valence-corrected chi connectivity index (χ2v) is 5.10. The minimum atomic E-state index is 0.113. The second kappa shape index (κ2) is 5.63. The summed E-state index contributed by atoms with van der Waals surface area (Å²) in [5, 5.41) is 17.4. The lowest BCUT2D eigenvalue weighted by atomic mass is 10.1. The standard InChI is InChI=1S/C14H18ClN3O/c1-9(12-8-17-18(3)10(12)2)16-7-11-4-5-14(19)13(15)6-11/h4-6,8-9,16,19H,7H2,1-3H3. The molecule has 0 aliphatic carbocycles. The van der Waals surface area contributed by atoms with Crippen LogP contribution < -0.4 is 5.32 Å². The Balaban J connectivity index is 2.02. The average Bonchev–Trinajstić information content (AvgIpc) is 2.71. The maximum Gasteiger partial charge on any atom is 0.134 e. The monoisotopic (exact) mass is 279 g/mol. The summed E-state index contributed by atoms with van der Waals surface area (Å²) in [5.41, 5.74) is 3.38. The summed E-state index contributed by atoms with van der Waals surface area (Å²) >= 11 is 5.88. The van der Waals surface area contributed by atoms with E-state index < -0.39 is 0 Å². The highest BCUT2D eigenvalue weighted by Crippen LogP contribution is 2.24. The van der Waals surface area contributed by atoms with E-state index in [-0.39, 0.29) is 11.8 Å². The van der Waals surface area contributed by atoms with Gasteiger partial charge >= 0.3 is 0 Å². The molecule has 0 amide bonds. The normalized spacial score (nSPS) is 12.6. The van der Waals surface area contributed by atoms with Crippen LogP contribution in [0.5, 0.6) is 5.75 Å². The van der Waals surface area contributed by atoms with Crippen LogP contribution in [0.1, 0.15) is 29.8 Å². The highest BCUT2D eigenvalue weighted by Gasteiger charge is 2.11. The van der Waals surface area contributed by atoms with Crippen molar-refractivity contribution in [2.45, 2.75) is 26.4 Å². The highest BCUT2D eigenvalue weighted by atomic mass is 35.5. The number of halogens is 1. The molecule has 1 aromatic heterocycles. The van der Waals surface area contributed by atoms with E-state index in [4.69, 9.17) is 11.6 Å². The lowest BCUT2D eigenvalue weighted by Crippen LogP contribution is -2.18. The van der Waals surface area contributed by atoms with Crippen LogP contribution >= 0.6 is 11.6 Å². The van der Waals surface area contributed by atoms with Crippen molar-refractivity contribution in [2.75, 3.05) is 0 Å². The van der Waals surface area contributed by atoms with E-state index in [2.05, 4.69) is 24.3 Å². The van der Waals surface area contributed by atoms with Crippen molar-refractivity contribution in [2.24, 2.45) is 7.05 Å². The molecule has 5 heteroatoms. The summed E-state index contributed by atoms with van der Waals surface area (Å²) in [5.74, 6) is 0.113. The van der Waals surface area contributed by atoms with Gasteiger partial charge in [-0.15, -0.1) is 0 Å². The number of nitrogens with one attached hydrogen (secondary N) is 1. The van der Waals surface area contributed by atoms with Gasteiger partial charge < -0.3 is 10.4 Å². The predicted octanol–water partition coefficient (Wildman–Crippen LogP) is 2.94. The molecule has 2 N–H and O–H groups in total. The molecule has 1 aromatic carbocycles. The smallest absolute Gasteiger partial charge is 0.134 e. The lowest BCUT2D eigenvalue weighted by molar-refractivity contribution is 0.475. The third-order valence-electron chi connectivity index (χ3n) is 3.36. The van der Waals surface area contributed by atoms with E-state index in [1.54, 1.807) is 12.1 Å². The van der Waals surface area contributed by atoms with Gasteiger partial charge in [0.15, 0.2) is 0 Å². The maximum atomic E-state index is 9.37. The molecule has 4 nitrogen and oxygen atoms in total. The third kappa shape index (κ3) is 3.08. The van der Waals surface area contributed by atoms with Crippen molar-refractivity contribution in [3.8, 4) is 5.75 Å². The third-order valence-corrected chi connectivity index (χ3v) is 3.67. The van der Waals surface area contributed by atoms with Gasteiger partial charge in [0.1, 0.15) is 5.75 Å². The quantitative estimate of drug-likeness (QED) is 0.905. The minimum Gasteiger partial charge on any atom is -0.506 e. The first-order valence-electron chi connectivity index (χ1n) is 6.18. The molecule has 0 spiro atoms. The van der Waals surface area contributed by atoms with Gasteiger partial charge in [-0.1, -0.05) is 17.7 Å². The molecule has 102 valence electrons. The number of hydrogen-bond acceptors (Lipinski definition) is 3. The molecule has 1 unspecified atom stereocenters. The summed E-state index contributed by atoms with van der Waals surface area (Å²) < 4.78 is 1.87. The van der Waals surface area contributed by atoms with Gasteiger partial charge in [-0.25, -0.2) is 0 Å². The fourth-order valence-electron chi connectivity index (χ4n) is 1.98. The Morgan fingerprint density at radius 3 is 2.79 bits per heavy atom. The average molecular weight is 280 g/mol. The number of aromatic nitrogens is 2. The molecule has 0 aliphatic heterocycles. The second-order valence-electron chi connectivity index (χ2n) is 4.70. The van der Waals surface area contributed by atoms with Crippen LogP contribution in [-0.4, -0.2) is 14.9 Å². The zero-order valence-corrected chi connectivity index (χ0v) is 12.1. The molecule has 19 heavy (non-hydrogen) atoms. The van der Waals surface area contributed by atoms with Crippen LogP contribution in [-0.2, 0) is 13.6 Å². The van der Waals surface area contributed by atoms with Gasteiger partial charge in [0.2, 0.25) is 0 Å². The molecule has 0 saturated carbocycles. The van der Waals surface area contributed by atoms with Crippen LogP contribution in [0.4, 0.5) is 0 Å². The van der Waals surface area contributed by atoms with E-state index in [0.717, 1.165) is 11.3 Å². The van der Waals surface area contributed by atoms with Crippen molar-refractivity contribution < 1.29 is 5.11 Å². The number of benzene rings is 1. The molecule has 1 heterocycles. The maximum absolute atomic E-state index is 9.37. The van der Waals surface area contributed by atoms with E-state index in [1.807, 2.05) is 24.0 Å². The molecule has 2 aromatic rings. The topological polar surface area (TPSA) is 50.1 Å². The van der Waals surface area contributed by atoms with E-state index in [9.17, 15) is 5.11 Å². The van der Waals surface area contributed by atoms with Crippen LogP contribution in [0.25, 0.3) is 0 Å². The Morgan fingerprint density at radius 2 is 2.21 bits per heavy atom. The van der Waals surface area contributed by atoms with E-state index >= 15 is 0 Å². The summed E-state index contributed by atoms with van der Waals surface area (Å²) in [7, 11) is 1.94. The van der Waals surface area contributed by atoms with Gasteiger partial charge in [0.25, 0.3) is 0 Å². The number of aromatic hydroxyl groups is 1. The van der Waals surface area contributed by atoms with Crippen LogP contribution in [0, 0.1) is 6.92 Å². The fraction of sp³-hybridized carbons (Fsp3) is 0.357. The van der Waals surface area contributed by atoms with Gasteiger partial charge in [-0.05, 0) is 31.5 Å². The Labute approximate surface area is 118 Å². The number of nitrogens with zero attached hydrogens (tertiary/aromatic N) is 2. The van der Waals surface area contributed by atoms with Crippen LogP contribution in [0.15, 0.2) is 24.4 Å². The van der Waals surface area contributed by atoms with Crippen molar-refractivity contribution in [3.05, 3.63) is 46.2 Å². The van der Waals surface area contributed by atoms with E-state index in [1.165, 1.54) is 5.56 Å². The molecular weight excluding hydrogens is 262 g/mol. The van der Waals surface area contributed by atoms with Gasteiger partial charge in [0, 0.05) is 30.9 Å². The van der Waals surface area contributed by atoms with Crippen molar-refractivity contribution in [1.82, 2.24) is 15.1 Å². The van der Waals surface area contributed by atoms with Crippen molar-refractivity contribution in [3.63, 3.8) is 0 Å². The summed E-state index contributed by atoms with van der Waals surface area (Å²) in [6.07, 6.45) is 1.89. The molecule has 0 radical (unpaired) electrons. The lowest BCUT2D eigenvalue weighted by Gasteiger charge is -2.14. The molecule has 0 aliphatic rings. The summed E-state index contributed by atoms with van der Waals surface area (Å²) in [6.45, 7) is 4.85. The minimum absolute atomic E-state index is 0.113. The van der Waals surface area contributed by atoms with Crippen molar-refractivity contribution in [1.29, 1.82) is 0 Å². The first-order chi connectivity index (χ1) is 8.99. The molecule has 1 atom stereocenters. The zero-order valence-electron chi connectivity index (χ0n) is 11.3. The largest absolute Gasteiger partial charge is 0.506 e. The van der Waals surface area contributed by atoms with Gasteiger partial charge in [-0.2, -0.15) is 5.10 Å². The first-order valence-corrected chi connectivity index (χ1v) is 6.56. The molecule has 0 saturated heterocycles. The molecule has 0 bridgehead atoms. The number of hydrogen-bond donors (Lipinski definition) is 2. The molecule has 0 fully saturated rings. The molecule has 2 rings (SSSR count). The number of phenolic OH excluding ortho intramolecular Hbond substituents is 1. The highest BCUT2D eigenvalue weighted by molar-refractivity contribution is 6.32. The first kappa shape index (κ1) is 13.9. The van der Waals surface area contributed by atoms with Gasteiger partial charge in [0.05, 0.1) is 11.2 Å². The summed E-state index contributed by atoms with van der Waals surface area (Å²) in [6, 6.07) is 5.45. The van der Waals surface area contributed by atoms with Crippen LogP contribution in [0.2, 0.25) is 5.02 Å². The number of phenols is 1. The zero-order chi connectivity index (χ0) is 14.0. The van der Waals surface area contributed by atoms with Crippen LogP contribution in [0.3, 0.4) is 0 Å². The fourth-order valence-corrected chi connectivity index (χ4v) is 2.19. The van der Waals surface area contributed by atoms with Crippen molar-refractivity contribution >= 4 is 11.6 Å².